The van der Waals surface area contributed by atoms with Crippen LogP contribution in [-0.2, 0) is 16.0 Å². The zero-order valence-corrected chi connectivity index (χ0v) is 13.7. The molecule has 1 aliphatic heterocycles. The van der Waals surface area contributed by atoms with Crippen molar-refractivity contribution >= 4 is 5.91 Å². The summed E-state index contributed by atoms with van der Waals surface area (Å²) in [7, 11) is 1.51. The number of aromatic nitrogens is 1. The molecule has 1 unspecified atom stereocenters. The van der Waals surface area contributed by atoms with Gasteiger partial charge in [0, 0.05) is 30.4 Å². The Kier molecular flexibility index (Phi) is 5.23. The predicted octanol–water partition coefficient (Wildman–Crippen LogP) is 2.51. The van der Waals surface area contributed by atoms with Gasteiger partial charge in [0.05, 0.1) is 26.7 Å². The molecule has 2 aromatic rings. The summed E-state index contributed by atoms with van der Waals surface area (Å²) in [5.41, 5.74) is 1.04. The molecule has 2 heterocycles. The Labute approximate surface area is 144 Å². The molecular formula is C18H18F2N2O3. The molecule has 1 saturated heterocycles. The lowest BCUT2D eigenvalue weighted by atomic mass is 10.1. The van der Waals surface area contributed by atoms with Crippen molar-refractivity contribution in [3.05, 3.63) is 59.3 Å². The summed E-state index contributed by atoms with van der Waals surface area (Å²) in [4.78, 5) is 18.2. The number of methoxy groups -OCH3 is 1. The minimum absolute atomic E-state index is 0.0935. The molecule has 0 aliphatic carbocycles. The molecular weight excluding hydrogens is 330 g/mol. The first-order valence-electron chi connectivity index (χ1n) is 7.90. The number of pyridine rings is 1. The van der Waals surface area contributed by atoms with Crippen LogP contribution in [0.15, 0.2) is 36.5 Å². The number of benzene rings is 1. The Morgan fingerprint density at radius 3 is 2.96 bits per heavy atom. The monoisotopic (exact) mass is 348 g/mol. The summed E-state index contributed by atoms with van der Waals surface area (Å²) >= 11 is 0. The highest BCUT2D eigenvalue weighted by Gasteiger charge is 2.27. The number of hydrogen-bond donors (Lipinski definition) is 0. The fourth-order valence-electron chi connectivity index (χ4n) is 2.79. The van der Waals surface area contributed by atoms with Crippen LogP contribution in [0.5, 0.6) is 5.88 Å². The number of morpholine rings is 1. The summed E-state index contributed by atoms with van der Waals surface area (Å²) in [6, 6.07) is 6.82. The van der Waals surface area contributed by atoms with Crippen LogP contribution >= 0.6 is 0 Å². The highest BCUT2D eigenvalue weighted by Crippen LogP contribution is 2.25. The van der Waals surface area contributed by atoms with Crippen LogP contribution < -0.4 is 4.74 Å². The lowest BCUT2D eigenvalue weighted by molar-refractivity contribution is -0.138. The molecule has 0 N–H and O–H groups in total. The van der Waals surface area contributed by atoms with Crippen LogP contribution in [0.25, 0.3) is 0 Å². The average Bonchev–Trinajstić information content (AvgIpc) is 2.62. The van der Waals surface area contributed by atoms with Gasteiger partial charge >= 0.3 is 0 Å². The number of halogens is 2. The zero-order chi connectivity index (χ0) is 17.8. The van der Waals surface area contributed by atoms with E-state index in [-0.39, 0.29) is 24.4 Å². The molecule has 0 radical (unpaired) electrons. The van der Waals surface area contributed by atoms with Gasteiger partial charge in [-0.05, 0) is 17.7 Å². The van der Waals surface area contributed by atoms with Gasteiger partial charge in [0.25, 0.3) is 0 Å². The van der Waals surface area contributed by atoms with E-state index in [1.807, 2.05) is 0 Å². The molecule has 0 saturated carbocycles. The topological polar surface area (TPSA) is 51.7 Å². The number of carbonyl (C=O) groups is 1. The molecule has 7 heteroatoms. The van der Waals surface area contributed by atoms with Crippen molar-refractivity contribution in [2.75, 3.05) is 26.8 Å². The molecule has 1 atom stereocenters. The van der Waals surface area contributed by atoms with E-state index in [2.05, 4.69) is 4.98 Å². The molecule has 1 aliphatic rings. The van der Waals surface area contributed by atoms with Gasteiger partial charge in [0.2, 0.25) is 11.8 Å². The van der Waals surface area contributed by atoms with Gasteiger partial charge in [-0.15, -0.1) is 0 Å². The predicted molar refractivity (Wildman–Crippen MR) is 86.1 cm³/mol. The van der Waals surface area contributed by atoms with Crippen LogP contribution in [0.3, 0.4) is 0 Å². The quantitative estimate of drug-likeness (QED) is 0.852. The number of amides is 1. The van der Waals surface area contributed by atoms with Crippen molar-refractivity contribution in [2.45, 2.75) is 12.5 Å². The van der Waals surface area contributed by atoms with Gasteiger partial charge < -0.3 is 14.4 Å². The second kappa shape index (κ2) is 7.57. The molecule has 1 aromatic heterocycles. The summed E-state index contributed by atoms with van der Waals surface area (Å²) in [5, 5.41) is 0. The van der Waals surface area contributed by atoms with Crippen LogP contribution in [0.1, 0.15) is 17.2 Å². The van der Waals surface area contributed by atoms with Crippen molar-refractivity contribution < 1.29 is 23.0 Å². The van der Waals surface area contributed by atoms with Gasteiger partial charge in [-0.3, -0.25) is 4.79 Å². The Morgan fingerprint density at radius 2 is 2.20 bits per heavy atom. The van der Waals surface area contributed by atoms with E-state index >= 15 is 0 Å². The molecule has 3 rings (SSSR count). The number of nitrogens with zero attached hydrogens (tertiary/aromatic N) is 2. The average molecular weight is 348 g/mol. The Hall–Kier alpha value is -2.54. The normalized spacial score (nSPS) is 17.4. The van der Waals surface area contributed by atoms with Crippen LogP contribution in [0.2, 0.25) is 0 Å². The third-order valence-electron chi connectivity index (χ3n) is 4.09. The van der Waals surface area contributed by atoms with Crippen molar-refractivity contribution in [3.8, 4) is 5.88 Å². The van der Waals surface area contributed by atoms with Crippen molar-refractivity contribution in [3.63, 3.8) is 0 Å². The van der Waals surface area contributed by atoms with Gasteiger partial charge in [-0.25, -0.2) is 13.8 Å². The summed E-state index contributed by atoms with van der Waals surface area (Å²) in [5.74, 6) is -0.961. The van der Waals surface area contributed by atoms with E-state index < -0.39 is 17.7 Å². The first kappa shape index (κ1) is 17.3. The van der Waals surface area contributed by atoms with Gasteiger partial charge in [0.15, 0.2) is 0 Å². The second-order valence-corrected chi connectivity index (χ2v) is 5.75. The van der Waals surface area contributed by atoms with E-state index in [0.717, 1.165) is 11.6 Å². The lowest BCUT2D eigenvalue weighted by Gasteiger charge is -2.33. The van der Waals surface area contributed by atoms with E-state index in [9.17, 15) is 13.6 Å². The van der Waals surface area contributed by atoms with E-state index in [0.29, 0.717) is 19.0 Å². The molecule has 1 fully saturated rings. The minimum atomic E-state index is -0.668. The molecule has 1 amide bonds. The smallest absolute Gasteiger partial charge is 0.227 e. The fraction of sp³-hybridized carbons (Fsp3) is 0.333. The van der Waals surface area contributed by atoms with Crippen LogP contribution in [0, 0.1) is 11.6 Å². The molecule has 5 nitrogen and oxygen atoms in total. The van der Waals surface area contributed by atoms with Crippen molar-refractivity contribution in [2.24, 2.45) is 0 Å². The van der Waals surface area contributed by atoms with Crippen LogP contribution in [0.4, 0.5) is 8.78 Å². The van der Waals surface area contributed by atoms with Gasteiger partial charge in [-0.1, -0.05) is 6.07 Å². The second-order valence-electron chi connectivity index (χ2n) is 5.75. The molecule has 132 valence electrons. The first-order valence-corrected chi connectivity index (χ1v) is 7.90. The first-order chi connectivity index (χ1) is 12.1. The van der Waals surface area contributed by atoms with E-state index in [4.69, 9.17) is 9.47 Å². The third kappa shape index (κ3) is 4.11. The third-order valence-corrected chi connectivity index (χ3v) is 4.09. The number of rotatable bonds is 4. The number of carbonyl (C=O) groups excluding carboxylic acids is 1. The maximum atomic E-state index is 13.9. The molecule has 0 bridgehead atoms. The maximum Gasteiger partial charge on any atom is 0.227 e. The standard InChI is InChI=1S/C18H18F2N2O3/c1-24-17-8-12(4-5-21-17)9-18(23)22-6-7-25-16(11-22)14-3-2-13(19)10-15(14)20/h2-5,8,10,16H,6-7,9,11H2,1H3. The van der Waals surface area contributed by atoms with E-state index in [1.165, 1.54) is 19.2 Å². The molecule has 0 spiro atoms. The summed E-state index contributed by atoms with van der Waals surface area (Å²) in [6.07, 6.45) is 1.17. The molecule has 25 heavy (non-hydrogen) atoms. The van der Waals surface area contributed by atoms with Gasteiger partial charge in [0.1, 0.15) is 17.7 Å². The fourth-order valence-corrected chi connectivity index (χ4v) is 2.79. The highest BCUT2D eigenvalue weighted by molar-refractivity contribution is 5.79. The van der Waals surface area contributed by atoms with Gasteiger partial charge in [-0.2, -0.15) is 0 Å². The Balaban J connectivity index is 1.69. The Bertz CT molecular complexity index is 770. The minimum Gasteiger partial charge on any atom is -0.481 e. The summed E-state index contributed by atoms with van der Waals surface area (Å²) in [6.45, 7) is 0.955. The van der Waals surface area contributed by atoms with Crippen molar-refractivity contribution in [1.29, 1.82) is 0 Å². The lowest BCUT2D eigenvalue weighted by Crippen LogP contribution is -2.43. The maximum absolute atomic E-state index is 13.9. The molecule has 1 aromatic carbocycles. The SMILES string of the molecule is COc1cc(CC(=O)N2CCOC(c3ccc(F)cc3F)C2)ccn1. The number of hydrogen-bond acceptors (Lipinski definition) is 4. The summed E-state index contributed by atoms with van der Waals surface area (Å²) < 4.78 is 37.6. The highest BCUT2D eigenvalue weighted by atomic mass is 19.1. The Morgan fingerprint density at radius 1 is 1.36 bits per heavy atom. The number of ether oxygens (including phenoxy) is 2. The largest absolute Gasteiger partial charge is 0.481 e. The van der Waals surface area contributed by atoms with Crippen molar-refractivity contribution in [1.82, 2.24) is 9.88 Å². The zero-order valence-electron chi connectivity index (χ0n) is 13.7. The van der Waals surface area contributed by atoms with Crippen LogP contribution in [-0.4, -0.2) is 42.6 Å². The van der Waals surface area contributed by atoms with E-state index in [1.54, 1.807) is 23.2 Å².